The van der Waals surface area contributed by atoms with Gasteiger partial charge in [0.15, 0.2) is 5.78 Å². The molecule has 0 saturated carbocycles. The maximum atomic E-state index is 12.1. The van der Waals surface area contributed by atoms with E-state index in [-0.39, 0.29) is 5.78 Å². The summed E-state index contributed by atoms with van der Waals surface area (Å²) in [7, 11) is 0. The normalized spacial score (nSPS) is 20.4. The monoisotopic (exact) mass is 315 g/mol. The zero-order chi connectivity index (χ0) is 12.5. The second-order valence-corrected chi connectivity index (χ2v) is 7.97. The quantitative estimate of drug-likeness (QED) is 0.790. The van der Waals surface area contributed by atoms with Crippen LogP contribution < -0.4 is 0 Å². The molecule has 0 radical (unpaired) electrons. The van der Waals surface area contributed by atoms with Crippen molar-refractivity contribution < 1.29 is 4.79 Å². The molecule has 1 aromatic rings. The van der Waals surface area contributed by atoms with Gasteiger partial charge in [0, 0.05) is 6.54 Å². The molecule has 0 aromatic carbocycles. The highest BCUT2D eigenvalue weighted by atomic mass is 79.9. The number of likely N-dealkylation sites (tertiary alicyclic amines) is 1. The molecule has 0 spiro atoms. The fraction of sp³-hybridized carbons (Fsp3) is 0.615. The van der Waals surface area contributed by atoms with Crippen LogP contribution in [0.2, 0.25) is 0 Å². The summed E-state index contributed by atoms with van der Waals surface area (Å²) in [6.45, 7) is 7.22. The molecule has 1 aliphatic heterocycles. The topological polar surface area (TPSA) is 20.3 Å². The van der Waals surface area contributed by atoms with Gasteiger partial charge in [0.25, 0.3) is 0 Å². The van der Waals surface area contributed by atoms with Gasteiger partial charge in [0.05, 0.1) is 15.2 Å². The van der Waals surface area contributed by atoms with Crippen molar-refractivity contribution >= 4 is 33.0 Å². The zero-order valence-corrected chi connectivity index (χ0v) is 12.7. The van der Waals surface area contributed by atoms with E-state index in [9.17, 15) is 4.79 Å². The Balaban J connectivity index is 1.95. The third-order valence-corrected chi connectivity index (χ3v) is 4.86. The summed E-state index contributed by atoms with van der Waals surface area (Å²) in [5.74, 6) is 0.249. The number of carbonyl (C=O) groups is 1. The summed E-state index contributed by atoms with van der Waals surface area (Å²) >= 11 is 4.92. The smallest absolute Gasteiger partial charge is 0.186 e. The van der Waals surface area contributed by atoms with Gasteiger partial charge in [-0.1, -0.05) is 13.8 Å². The number of hydrogen-bond donors (Lipinski definition) is 0. The van der Waals surface area contributed by atoms with E-state index in [4.69, 9.17) is 0 Å². The third-order valence-electron chi connectivity index (χ3n) is 3.19. The van der Waals surface area contributed by atoms with E-state index in [1.807, 2.05) is 12.1 Å². The van der Waals surface area contributed by atoms with Crippen molar-refractivity contribution in [3.05, 3.63) is 20.8 Å². The van der Waals surface area contributed by atoms with E-state index in [0.717, 1.165) is 21.8 Å². The summed E-state index contributed by atoms with van der Waals surface area (Å²) in [5.41, 5.74) is 0.356. The lowest BCUT2D eigenvalue weighted by Crippen LogP contribution is -2.42. The molecular formula is C13H18BrNOS. The number of hydrogen-bond acceptors (Lipinski definition) is 3. The van der Waals surface area contributed by atoms with Crippen LogP contribution in [0.5, 0.6) is 0 Å². The average Bonchev–Trinajstić information content (AvgIpc) is 2.63. The number of Topliss-reactive ketones (excluding diaryl/α,β-unsaturated/α-hetero) is 1. The maximum Gasteiger partial charge on any atom is 0.186 e. The van der Waals surface area contributed by atoms with Crippen molar-refractivity contribution in [3.8, 4) is 0 Å². The first-order valence-corrected chi connectivity index (χ1v) is 7.58. The molecule has 0 unspecified atom stereocenters. The molecule has 1 aromatic heterocycles. The Labute approximate surface area is 115 Å². The van der Waals surface area contributed by atoms with Gasteiger partial charge >= 0.3 is 0 Å². The Bertz CT molecular complexity index is 413. The number of rotatable bonds is 3. The summed E-state index contributed by atoms with van der Waals surface area (Å²) in [6, 6.07) is 3.85. The maximum absolute atomic E-state index is 12.1. The molecule has 0 amide bonds. The van der Waals surface area contributed by atoms with E-state index >= 15 is 0 Å². The highest BCUT2D eigenvalue weighted by Crippen LogP contribution is 2.29. The molecule has 0 bridgehead atoms. The second kappa shape index (κ2) is 5.21. The van der Waals surface area contributed by atoms with Crippen LogP contribution in [-0.2, 0) is 0 Å². The summed E-state index contributed by atoms with van der Waals surface area (Å²) < 4.78 is 1.03. The molecule has 1 fully saturated rings. The second-order valence-electron chi connectivity index (χ2n) is 5.51. The number of nitrogens with zero attached hydrogens (tertiary/aromatic N) is 1. The van der Waals surface area contributed by atoms with E-state index in [0.29, 0.717) is 12.0 Å². The van der Waals surface area contributed by atoms with Gasteiger partial charge in [-0.15, -0.1) is 11.3 Å². The molecular weight excluding hydrogens is 298 g/mol. The molecule has 1 saturated heterocycles. The Morgan fingerprint density at radius 2 is 2.29 bits per heavy atom. The van der Waals surface area contributed by atoms with Crippen LogP contribution in [0, 0.1) is 5.41 Å². The first-order valence-electron chi connectivity index (χ1n) is 5.97. The van der Waals surface area contributed by atoms with Crippen molar-refractivity contribution in [1.82, 2.24) is 4.90 Å². The Morgan fingerprint density at radius 1 is 1.53 bits per heavy atom. The van der Waals surface area contributed by atoms with Crippen molar-refractivity contribution in [2.75, 3.05) is 19.6 Å². The van der Waals surface area contributed by atoms with Crippen molar-refractivity contribution in [3.63, 3.8) is 0 Å². The fourth-order valence-corrected chi connectivity index (χ4v) is 3.74. The van der Waals surface area contributed by atoms with Crippen LogP contribution in [0.1, 0.15) is 36.4 Å². The van der Waals surface area contributed by atoms with Gasteiger partial charge in [-0.2, -0.15) is 0 Å². The highest BCUT2D eigenvalue weighted by molar-refractivity contribution is 9.11. The van der Waals surface area contributed by atoms with Crippen LogP contribution in [0.3, 0.4) is 0 Å². The van der Waals surface area contributed by atoms with Gasteiger partial charge in [-0.3, -0.25) is 9.69 Å². The number of ketones is 1. The minimum absolute atomic E-state index is 0.249. The first kappa shape index (κ1) is 13.2. The predicted octanol–water partition coefficient (Wildman–Crippen LogP) is 3.82. The van der Waals surface area contributed by atoms with Gasteiger partial charge < -0.3 is 0 Å². The van der Waals surface area contributed by atoms with Crippen LogP contribution >= 0.6 is 27.3 Å². The van der Waals surface area contributed by atoms with Crippen LogP contribution in [-0.4, -0.2) is 30.3 Å². The molecule has 2 rings (SSSR count). The fourth-order valence-electron chi connectivity index (χ4n) is 2.42. The molecule has 0 aliphatic carbocycles. The summed E-state index contributed by atoms with van der Waals surface area (Å²) in [6.07, 6.45) is 2.47. The molecule has 1 aliphatic rings. The van der Waals surface area contributed by atoms with Crippen LogP contribution in [0.15, 0.2) is 15.9 Å². The SMILES string of the molecule is CC1(C)CCCN(CC(=O)c2ccc(Br)s2)C1. The largest absolute Gasteiger partial charge is 0.295 e. The van der Waals surface area contributed by atoms with E-state index in [1.54, 1.807) is 0 Å². The lowest BCUT2D eigenvalue weighted by Gasteiger charge is -2.37. The molecule has 2 nitrogen and oxygen atoms in total. The summed E-state index contributed by atoms with van der Waals surface area (Å²) in [5, 5.41) is 0. The van der Waals surface area contributed by atoms with Crippen LogP contribution in [0.4, 0.5) is 0 Å². The molecule has 94 valence electrons. The van der Waals surface area contributed by atoms with Crippen molar-refractivity contribution in [1.29, 1.82) is 0 Å². The molecule has 0 N–H and O–H groups in total. The minimum Gasteiger partial charge on any atom is -0.295 e. The van der Waals surface area contributed by atoms with Gasteiger partial charge in [0.2, 0.25) is 0 Å². The average molecular weight is 316 g/mol. The van der Waals surface area contributed by atoms with Crippen molar-refractivity contribution in [2.24, 2.45) is 5.41 Å². The summed E-state index contributed by atoms with van der Waals surface area (Å²) in [4.78, 5) is 15.2. The minimum atomic E-state index is 0.249. The zero-order valence-electron chi connectivity index (χ0n) is 10.3. The molecule has 4 heteroatoms. The third kappa shape index (κ3) is 3.63. The Morgan fingerprint density at radius 3 is 2.88 bits per heavy atom. The highest BCUT2D eigenvalue weighted by Gasteiger charge is 2.27. The van der Waals surface area contributed by atoms with Gasteiger partial charge in [0.1, 0.15) is 0 Å². The van der Waals surface area contributed by atoms with Gasteiger partial charge in [-0.05, 0) is 52.9 Å². The molecule has 0 atom stereocenters. The van der Waals surface area contributed by atoms with Crippen LogP contribution in [0.25, 0.3) is 0 Å². The van der Waals surface area contributed by atoms with Gasteiger partial charge in [-0.25, -0.2) is 0 Å². The molecule has 17 heavy (non-hydrogen) atoms. The number of halogens is 1. The van der Waals surface area contributed by atoms with E-state index in [1.165, 1.54) is 24.2 Å². The Hall–Kier alpha value is -0.190. The Kier molecular flexibility index (Phi) is 4.06. The lowest BCUT2D eigenvalue weighted by molar-refractivity contribution is 0.0813. The standard InChI is InChI=1S/C13H18BrNOS/c1-13(2)6-3-7-15(9-13)8-10(16)11-4-5-12(14)17-11/h4-5H,3,6-9H2,1-2H3. The van der Waals surface area contributed by atoms with Crippen molar-refractivity contribution in [2.45, 2.75) is 26.7 Å². The number of carbonyl (C=O) groups excluding carboxylic acids is 1. The first-order chi connectivity index (χ1) is 7.96. The van der Waals surface area contributed by atoms with E-state index < -0.39 is 0 Å². The lowest BCUT2D eigenvalue weighted by atomic mass is 9.84. The molecule has 2 heterocycles. The number of thiophene rings is 1. The number of piperidine rings is 1. The predicted molar refractivity (Wildman–Crippen MR) is 75.8 cm³/mol. The van der Waals surface area contributed by atoms with E-state index in [2.05, 4.69) is 34.7 Å².